The molecule has 0 radical (unpaired) electrons. The van der Waals surface area contributed by atoms with Crippen LogP contribution in [0.5, 0.6) is 0 Å². The van der Waals surface area contributed by atoms with Gasteiger partial charge in [-0.1, -0.05) is 31.8 Å². The van der Waals surface area contributed by atoms with Gasteiger partial charge in [0.2, 0.25) is 0 Å². The molecule has 1 N–H and O–H groups in total. The van der Waals surface area contributed by atoms with Crippen molar-refractivity contribution in [2.45, 2.75) is 55.4 Å². The van der Waals surface area contributed by atoms with E-state index in [0.717, 1.165) is 17.0 Å². The van der Waals surface area contributed by atoms with Crippen molar-refractivity contribution < 1.29 is 18.3 Å². The number of aryl methyl sites for hydroxylation is 1. The summed E-state index contributed by atoms with van der Waals surface area (Å²) >= 11 is 0. The van der Waals surface area contributed by atoms with Gasteiger partial charge >= 0.3 is 0 Å². The van der Waals surface area contributed by atoms with Gasteiger partial charge in [-0.15, -0.1) is 0 Å². The van der Waals surface area contributed by atoms with Crippen LogP contribution < -0.4 is 4.31 Å². The number of benzene rings is 1. The Morgan fingerprint density at radius 2 is 1.95 bits per heavy atom. The summed E-state index contributed by atoms with van der Waals surface area (Å²) in [5.41, 5.74) is 2.25. The van der Waals surface area contributed by atoms with Crippen LogP contribution in [-0.2, 0) is 21.8 Å². The van der Waals surface area contributed by atoms with Gasteiger partial charge in [-0.05, 0) is 48.6 Å². The molecule has 12 heteroatoms. The van der Waals surface area contributed by atoms with Crippen molar-refractivity contribution in [2.24, 2.45) is 7.05 Å². The first-order valence-corrected chi connectivity index (χ1v) is 17.9. The molecule has 1 aromatic carbocycles. The standard InChI is InChI=1S/C26H34N6O4SSi/c1-30-26-20(15-28-30)6-5-7-24(26)32(18-36-10-11-38(2,3)4)37(34,35)23-16-29-31(17-23)25-14-19(8-9-27-25)21-12-22(33)13-21/h5-9,14-17,21-22,33H,10-13,18H2,1-4H3. The molecule has 5 rings (SSSR count). The molecule has 0 saturated heterocycles. The van der Waals surface area contributed by atoms with Crippen LogP contribution in [0.25, 0.3) is 16.7 Å². The largest absolute Gasteiger partial charge is 0.393 e. The van der Waals surface area contributed by atoms with Gasteiger partial charge in [0, 0.05) is 33.3 Å². The number of pyridine rings is 1. The van der Waals surface area contributed by atoms with E-state index in [1.807, 2.05) is 24.3 Å². The summed E-state index contributed by atoms with van der Waals surface area (Å²) in [6, 6.07) is 10.2. The summed E-state index contributed by atoms with van der Waals surface area (Å²) in [5.74, 6) is 0.797. The molecule has 0 bridgehead atoms. The molecule has 0 spiro atoms. The summed E-state index contributed by atoms with van der Waals surface area (Å²) in [4.78, 5) is 4.43. The van der Waals surface area contributed by atoms with Crippen molar-refractivity contribution in [3.05, 3.63) is 60.7 Å². The number of fused-ring (bicyclic) bond motifs is 1. The molecule has 0 amide bonds. The normalized spacial score (nSPS) is 18.0. The van der Waals surface area contributed by atoms with E-state index < -0.39 is 18.1 Å². The highest BCUT2D eigenvalue weighted by Crippen LogP contribution is 2.37. The van der Waals surface area contributed by atoms with Gasteiger partial charge in [0.05, 0.1) is 35.9 Å². The molecule has 4 aromatic rings. The van der Waals surface area contributed by atoms with Crippen molar-refractivity contribution in [3.8, 4) is 5.82 Å². The van der Waals surface area contributed by atoms with E-state index in [1.54, 1.807) is 30.2 Å². The van der Waals surface area contributed by atoms with Gasteiger partial charge in [-0.2, -0.15) is 10.2 Å². The third-order valence-electron chi connectivity index (χ3n) is 6.95. The lowest BCUT2D eigenvalue weighted by molar-refractivity contribution is 0.0746. The number of rotatable bonds is 10. The molecule has 1 fully saturated rings. The average molecular weight is 555 g/mol. The fourth-order valence-electron chi connectivity index (χ4n) is 4.57. The number of aromatic nitrogens is 5. The molecule has 202 valence electrons. The summed E-state index contributed by atoms with van der Waals surface area (Å²) in [6.07, 6.45) is 7.40. The Bertz CT molecular complexity index is 1540. The summed E-state index contributed by atoms with van der Waals surface area (Å²) in [7, 11) is -3.60. The third-order valence-corrected chi connectivity index (χ3v) is 10.3. The van der Waals surface area contributed by atoms with Gasteiger partial charge < -0.3 is 9.84 Å². The van der Waals surface area contributed by atoms with Gasteiger partial charge in [-0.25, -0.2) is 22.4 Å². The van der Waals surface area contributed by atoms with Crippen molar-refractivity contribution in [3.63, 3.8) is 0 Å². The minimum Gasteiger partial charge on any atom is -0.393 e. The number of hydrogen-bond donors (Lipinski definition) is 1. The molecule has 1 aliphatic rings. The fourth-order valence-corrected chi connectivity index (χ4v) is 6.62. The molecule has 38 heavy (non-hydrogen) atoms. The van der Waals surface area contributed by atoms with Crippen LogP contribution in [0.3, 0.4) is 0 Å². The third kappa shape index (κ3) is 5.39. The number of hydrogen-bond acceptors (Lipinski definition) is 7. The zero-order valence-corrected chi connectivity index (χ0v) is 24.0. The van der Waals surface area contributed by atoms with E-state index in [2.05, 4.69) is 34.8 Å². The first-order chi connectivity index (χ1) is 18.0. The van der Waals surface area contributed by atoms with Gasteiger partial charge in [-0.3, -0.25) is 4.68 Å². The van der Waals surface area contributed by atoms with Crippen molar-refractivity contribution in [2.75, 3.05) is 17.6 Å². The fraction of sp³-hybridized carbons (Fsp3) is 0.423. The van der Waals surface area contributed by atoms with Crippen molar-refractivity contribution in [1.82, 2.24) is 24.5 Å². The molecule has 1 aliphatic carbocycles. The Morgan fingerprint density at radius 3 is 2.68 bits per heavy atom. The second-order valence-corrected chi connectivity index (χ2v) is 18.6. The lowest BCUT2D eigenvalue weighted by atomic mass is 9.78. The van der Waals surface area contributed by atoms with Crippen LogP contribution >= 0.6 is 0 Å². The van der Waals surface area contributed by atoms with E-state index in [9.17, 15) is 13.5 Å². The minimum absolute atomic E-state index is 0.0386. The number of aliphatic hydroxyl groups is 1. The Balaban J connectivity index is 1.47. The monoisotopic (exact) mass is 554 g/mol. The van der Waals surface area contributed by atoms with Gasteiger partial charge in [0.15, 0.2) is 5.82 Å². The highest BCUT2D eigenvalue weighted by molar-refractivity contribution is 7.92. The van der Waals surface area contributed by atoms with Crippen molar-refractivity contribution in [1.29, 1.82) is 0 Å². The molecule has 0 atom stereocenters. The van der Waals surface area contributed by atoms with Crippen LogP contribution in [0, 0.1) is 0 Å². The van der Waals surface area contributed by atoms with E-state index >= 15 is 0 Å². The number of anilines is 1. The van der Waals surface area contributed by atoms with Crippen LogP contribution in [0.2, 0.25) is 25.7 Å². The molecule has 3 aromatic heterocycles. The second-order valence-electron chi connectivity index (χ2n) is 11.1. The van der Waals surface area contributed by atoms with Crippen LogP contribution in [0.15, 0.2) is 60.0 Å². The number of aliphatic hydroxyl groups excluding tert-OH is 1. The molecule has 0 aliphatic heterocycles. The van der Waals surface area contributed by atoms with Gasteiger partial charge in [0.25, 0.3) is 10.0 Å². The zero-order valence-electron chi connectivity index (χ0n) is 22.1. The lowest BCUT2D eigenvalue weighted by Gasteiger charge is -2.31. The average Bonchev–Trinajstić information content (AvgIpc) is 3.50. The Labute approximate surface area is 223 Å². The lowest BCUT2D eigenvalue weighted by Crippen LogP contribution is -2.34. The Kier molecular flexibility index (Phi) is 7.16. The number of sulfonamides is 1. The summed E-state index contributed by atoms with van der Waals surface area (Å²) in [6.45, 7) is 7.12. The molecular weight excluding hydrogens is 520 g/mol. The van der Waals surface area contributed by atoms with E-state index in [-0.39, 0.29) is 23.6 Å². The van der Waals surface area contributed by atoms with Crippen LogP contribution in [-0.4, -0.2) is 65.6 Å². The summed E-state index contributed by atoms with van der Waals surface area (Å²) in [5, 5.41) is 19.2. The molecular formula is C26H34N6O4SSi. The zero-order chi connectivity index (χ0) is 27.1. The van der Waals surface area contributed by atoms with Crippen molar-refractivity contribution >= 4 is 34.7 Å². The maximum absolute atomic E-state index is 14.0. The number of ether oxygens (including phenoxy) is 1. The number of nitrogens with zero attached hydrogens (tertiary/aromatic N) is 6. The first kappa shape index (κ1) is 26.5. The Hall–Kier alpha value is -3.06. The molecule has 10 nitrogen and oxygen atoms in total. The highest BCUT2D eigenvalue weighted by Gasteiger charge is 2.31. The molecule has 3 heterocycles. The van der Waals surface area contributed by atoms with E-state index in [4.69, 9.17) is 4.74 Å². The van der Waals surface area contributed by atoms with Crippen LogP contribution in [0.1, 0.15) is 24.3 Å². The topological polar surface area (TPSA) is 115 Å². The first-order valence-electron chi connectivity index (χ1n) is 12.7. The quantitative estimate of drug-likeness (QED) is 0.180. The highest BCUT2D eigenvalue weighted by atomic mass is 32.2. The van der Waals surface area contributed by atoms with Crippen LogP contribution in [0.4, 0.5) is 5.69 Å². The van der Waals surface area contributed by atoms with E-state index in [0.29, 0.717) is 36.5 Å². The predicted molar refractivity (Wildman–Crippen MR) is 149 cm³/mol. The minimum atomic E-state index is -4.04. The maximum atomic E-state index is 14.0. The smallest absolute Gasteiger partial charge is 0.269 e. The second kappa shape index (κ2) is 10.2. The predicted octanol–water partition coefficient (Wildman–Crippen LogP) is 3.90. The number of para-hydroxylation sites is 1. The summed E-state index contributed by atoms with van der Waals surface area (Å²) < 4.78 is 38.5. The maximum Gasteiger partial charge on any atom is 0.269 e. The molecule has 0 unspecified atom stereocenters. The van der Waals surface area contributed by atoms with E-state index in [1.165, 1.54) is 21.4 Å². The SMILES string of the molecule is Cn1ncc2cccc(N(COCC[Si](C)(C)C)S(=O)(=O)c3cnn(-c4cc(C5CC(O)C5)ccn4)c3)c21. The van der Waals surface area contributed by atoms with Gasteiger partial charge in [0.1, 0.15) is 11.6 Å². The Morgan fingerprint density at radius 1 is 1.16 bits per heavy atom. The molecule has 1 saturated carbocycles.